The molecular weight excluding hydrogens is 377 g/mol. The molecule has 2 aromatic carbocycles. The summed E-state index contributed by atoms with van der Waals surface area (Å²) < 4.78 is 5.40. The monoisotopic (exact) mass is 404 g/mol. The second-order valence-electron chi connectivity index (χ2n) is 5.71. The molecule has 27 heavy (non-hydrogen) atoms. The third-order valence-electron chi connectivity index (χ3n) is 3.90. The van der Waals surface area contributed by atoms with Crippen molar-refractivity contribution in [2.24, 2.45) is 0 Å². The minimum atomic E-state index is -0.929. The van der Waals surface area contributed by atoms with Crippen LogP contribution < -0.4 is 74.8 Å². The van der Waals surface area contributed by atoms with Gasteiger partial charge in [0.15, 0.2) is 0 Å². The van der Waals surface area contributed by atoms with Gasteiger partial charge in [-0.15, -0.1) is 0 Å². The number of carboxylic acid groups (broad SMARTS) is 1. The van der Waals surface area contributed by atoms with Crippen LogP contribution in [0.5, 0.6) is 0 Å². The first kappa shape index (κ1) is 27.0. The fourth-order valence-corrected chi connectivity index (χ4v) is 5.11. The Bertz CT molecular complexity index is 591. The Morgan fingerprint density at radius 3 is 1.70 bits per heavy atom. The summed E-state index contributed by atoms with van der Waals surface area (Å²) in [5.74, 6) is -0.929. The molecule has 0 aromatic heterocycles. The first-order chi connectivity index (χ1) is 12.7. The van der Waals surface area contributed by atoms with E-state index in [2.05, 4.69) is 60.7 Å². The van der Waals surface area contributed by atoms with Gasteiger partial charge < -0.3 is 14.7 Å². The van der Waals surface area contributed by atoms with Crippen molar-refractivity contribution in [1.82, 2.24) is 0 Å². The number of rotatable bonds is 10. The Hall–Kier alpha value is 0.0100. The van der Waals surface area contributed by atoms with Crippen LogP contribution >= 0.6 is 7.92 Å². The molecule has 2 aromatic rings. The van der Waals surface area contributed by atoms with E-state index in [9.17, 15) is 9.90 Å². The van der Waals surface area contributed by atoms with E-state index in [1.165, 1.54) is 29.6 Å². The maximum absolute atomic E-state index is 10.4. The van der Waals surface area contributed by atoms with Gasteiger partial charge in [-0.1, -0.05) is 79.9 Å². The van der Waals surface area contributed by atoms with Crippen LogP contribution in [0.4, 0.5) is 0 Å². The summed E-state index contributed by atoms with van der Waals surface area (Å²) in [4.78, 5) is 18.7. The molecule has 0 radical (unpaired) electrons. The topological polar surface area (TPSA) is 57.2 Å². The second-order valence-corrected chi connectivity index (χ2v) is 8.05. The first-order valence-electron chi connectivity index (χ1n) is 9.05. The molecule has 134 valence electrons. The Labute approximate surface area is 210 Å². The summed E-state index contributed by atoms with van der Waals surface area (Å²) in [6.07, 6.45) is 6.61. The number of unbranched alkanes of at least 4 members (excludes halogenated alkanes) is 4. The number of aliphatic carboxylic acids is 1. The van der Waals surface area contributed by atoms with E-state index in [-0.39, 0.29) is 73.5 Å². The summed E-state index contributed by atoms with van der Waals surface area (Å²) in [6.45, 7) is 0.750. The van der Waals surface area contributed by atoms with E-state index in [1.54, 1.807) is 0 Å². The molecule has 0 bridgehead atoms. The average Bonchev–Trinajstić information content (AvgIpc) is 2.66. The molecule has 2 rings (SSSR count). The average molecular weight is 404 g/mol. The quantitative estimate of drug-likeness (QED) is 0.139. The molecule has 6 heteroatoms. The van der Waals surface area contributed by atoms with E-state index in [0.717, 1.165) is 26.0 Å². The van der Waals surface area contributed by atoms with Crippen LogP contribution in [0.1, 0.15) is 39.9 Å². The van der Waals surface area contributed by atoms with Crippen molar-refractivity contribution in [2.75, 3.05) is 6.16 Å². The molecule has 0 aliphatic rings. The molecule has 0 heterocycles. The van der Waals surface area contributed by atoms with Crippen LogP contribution in [0.25, 0.3) is 0 Å². The Kier molecular flexibility index (Phi) is 19.3. The van der Waals surface area contributed by atoms with Gasteiger partial charge in [-0.05, 0) is 44.0 Å². The predicted octanol–water partition coefficient (Wildman–Crippen LogP) is -3.06. The molecule has 0 unspecified atom stereocenters. The molecule has 0 spiro atoms. The minimum absolute atomic E-state index is 0. The second kappa shape index (κ2) is 19.3. The largest absolute Gasteiger partial charge is 1.00 e. The molecule has 0 aliphatic heterocycles. The first-order valence-corrected chi connectivity index (χ1v) is 10.1. The maximum Gasteiger partial charge on any atom is 1.00 e. The van der Waals surface area contributed by atoms with Crippen LogP contribution in [0.15, 0.2) is 60.7 Å². The van der Waals surface area contributed by atoms with Gasteiger partial charge in [0, 0.05) is 5.97 Å². The standard InChI is InChI=1S/C20H25O2P.CHO.2Na/c21-20(22)16-10-2-1-3-11-17-23(18-12-6-4-7-13-18)19-14-8-5-9-15-19;1-2;;/h4-9,12-15H,1-3,10-11,16-17H2,(H,21,22);1H;;/q;-1;2*+1/p-1/i;1T;;. The van der Waals surface area contributed by atoms with Gasteiger partial charge in [-0.25, -0.2) is 0 Å². The van der Waals surface area contributed by atoms with Crippen molar-refractivity contribution >= 4 is 31.3 Å². The van der Waals surface area contributed by atoms with Crippen LogP contribution in [-0.4, -0.2) is 18.9 Å². The Balaban J connectivity index is 0. The Morgan fingerprint density at radius 2 is 1.26 bits per heavy atom. The van der Waals surface area contributed by atoms with E-state index in [4.69, 9.17) is 6.17 Å². The predicted molar refractivity (Wildman–Crippen MR) is 103 cm³/mol. The van der Waals surface area contributed by atoms with Crippen LogP contribution in [0.2, 0.25) is 0 Å². The molecule has 0 atom stereocenters. The molecule has 0 amide bonds. The molecule has 0 saturated carbocycles. The van der Waals surface area contributed by atoms with Crippen molar-refractivity contribution in [3.8, 4) is 0 Å². The zero-order chi connectivity index (χ0) is 19.0. The minimum Gasteiger partial charge on any atom is -0.550 e. The van der Waals surface area contributed by atoms with Gasteiger partial charge in [0.25, 0.3) is 0 Å². The smallest absolute Gasteiger partial charge is 0.550 e. The summed E-state index contributed by atoms with van der Waals surface area (Å²) >= 11 is 0. The molecule has 3 nitrogen and oxygen atoms in total. The van der Waals surface area contributed by atoms with E-state index < -0.39 is 5.97 Å². The van der Waals surface area contributed by atoms with Crippen molar-refractivity contribution in [3.63, 3.8) is 0 Å². The van der Waals surface area contributed by atoms with Crippen LogP contribution in [-0.2, 0) is 9.59 Å². The van der Waals surface area contributed by atoms with Crippen molar-refractivity contribution in [1.29, 1.82) is 0 Å². The molecule has 0 saturated heterocycles. The number of carbonyl (C=O) groups is 1. The number of carbonyl (C=O) groups excluding carboxylic acids is 2. The zero-order valence-corrected chi connectivity index (χ0v) is 21.3. The Morgan fingerprint density at radius 1 is 0.852 bits per heavy atom. The SMILES string of the molecule is O=C([O-])CCCCCCCP(c1ccccc1)c1ccccc1.[3H][C-]=O.[Na+].[Na+]. The van der Waals surface area contributed by atoms with Crippen molar-refractivity contribution in [3.05, 3.63) is 60.7 Å². The fraction of sp³-hybridized carbons (Fsp3) is 0.333. The van der Waals surface area contributed by atoms with Gasteiger partial charge in [0.05, 0.1) is 0 Å². The van der Waals surface area contributed by atoms with Gasteiger partial charge in [-0.2, -0.15) is 1.37 Å². The fourth-order valence-electron chi connectivity index (χ4n) is 2.69. The summed E-state index contributed by atoms with van der Waals surface area (Å²) in [6, 6.07) is 21.6. The number of hydrogen-bond donors (Lipinski definition) is 0. The molecule has 0 N–H and O–H groups in total. The van der Waals surface area contributed by atoms with Crippen LogP contribution in [0, 0.1) is 0 Å². The normalized spacial score (nSPS) is 9.74. The van der Waals surface area contributed by atoms with Crippen molar-refractivity contribution < 1.29 is 75.2 Å². The van der Waals surface area contributed by atoms with E-state index >= 15 is 0 Å². The molecule has 0 aliphatic carbocycles. The van der Waals surface area contributed by atoms with E-state index in [1.807, 2.05) is 0 Å². The summed E-state index contributed by atoms with van der Waals surface area (Å²) in [7, 11) is -0.290. The van der Waals surface area contributed by atoms with E-state index in [0.29, 0.717) is 0 Å². The van der Waals surface area contributed by atoms with Gasteiger partial charge in [0.1, 0.15) is 0 Å². The number of carboxylic acids is 1. The zero-order valence-electron chi connectivity index (χ0n) is 17.4. The van der Waals surface area contributed by atoms with Gasteiger partial charge >= 0.3 is 59.1 Å². The third kappa shape index (κ3) is 13.0. The summed E-state index contributed by atoms with van der Waals surface area (Å²) in [5, 5.41) is 13.3. The van der Waals surface area contributed by atoms with Crippen LogP contribution in [0.3, 0.4) is 0 Å². The number of benzene rings is 2. The third-order valence-corrected chi connectivity index (χ3v) is 6.50. The van der Waals surface area contributed by atoms with Crippen molar-refractivity contribution in [2.45, 2.75) is 38.5 Å². The molecule has 0 fully saturated rings. The number of hydrogen-bond acceptors (Lipinski definition) is 3. The maximum atomic E-state index is 10.4. The van der Waals surface area contributed by atoms with Gasteiger partial charge in [0.2, 0.25) is 0 Å². The van der Waals surface area contributed by atoms with Gasteiger partial charge in [-0.3, -0.25) is 6.77 Å². The molecular formula is C21H25Na2O3P. The summed E-state index contributed by atoms with van der Waals surface area (Å²) in [5.41, 5.74) is 0.